The molecule has 3 rings (SSSR count). The summed E-state index contributed by atoms with van der Waals surface area (Å²) in [5, 5.41) is 9.78. The fourth-order valence-electron chi connectivity index (χ4n) is 2.20. The number of fused-ring (bicyclic) bond motifs is 1. The van der Waals surface area contributed by atoms with Crippen molar-refractivity contribution in [2.45, 2.75) is 5.03 Å². The van der Waals surface area contributed by atoms with E-state index in [9.17, 15) is 4.55 Å². The van der Waals surface area contributed by atoms with Crippen molar-refractivity contribution in [1.82, 2.24) is 19.9 Å². The van der Waals surface area contributed by atoms with Crippen molar-refractivity contribution in [3.63, 3.8) is 0 Å². The van der Waals surface area contributed by atoms with Gasteiger partial charge in [0, 0.05) is 5.75 Å². The number of nitrogens with zero attached hydrogens (tertiary/aromatic N) is 5. The molecule has 1 saturated heterocycles. The van der Waals surface area contributed by atoms with Gasteiger partial charge in [-0.05, 0) is 11.6 Å². The van der Waals surface area contributed by atoms with E-state index in [-0.39, 0.29) is 11.9 Å². The van der Waals surface area contributed by atoms with Crippen LogP contribution < -0.4 is 4.90 Å². The summed E-state index contributed by atoms with van der Waals surface area (Å²) in [6.07, 6.45) is 1.46. The fraction of sp³-hybridized carbons (Fsp3) is 0.500. The Morgan fingerprint density at radius 3 is 2.77 bits per heavy atom. The van der Waals surface area contributed by atoms with Gasteiger partial charge < -0.3 is 14.6 Å². The monoisotopic (exact) mass is 359 g/mol. The molecular formula is C12H14ClN5O2S2. The Kier molecular flexibility index (Phi) is 5.19. The molecule has 22 heavy (non-hydrogen) atoms. The molecule has 0 saturated carbocycles. The maximum absolute atomic E-state index is 11.5. The Morgan fingerprint density at radius 1 is 1.27 bits per heavy atom. The zero-order valence-corrected chi connectivity index (χ0v) is 14.0. The van der Waals surface area contributed by atoms with Crippen LogP contribution >= 0.6 is 23.4 Å². The zero-order chi connectivity index (χ0) is 15.5. The van der Waals surface area contributed by atoms with Gasteiger partial charge in [-0.2, -0.15) is 4.98 Å². The van der Waals surface area contributed by atoms with E-state index < -0.39 is 11.2 Å². The van der Waals surface area contributed by atoms with Crippen molar-refractivity contribution in [2.75, 3.05) is 41.9 Å². The van der Waals surface area contributed by atoms with Crippen molar-refractivity contribution in [3.8, 4) is 0 Å². The molecule has 0 amide bonds. The summed E-state index contributed by atoms with van der Waals surface area (Å²) in [5.41, 5.74) is 1.22. The summed E-state index contributed by atoms with van der Waals surface area (Å²) in [7, 11) is 0. The van der Waals surface area contributed by atoms with Crippen LogP contribution in [-0.2, 0) is 11.2 Å². The first-order chi connectivity index (χ1) is 10.7. The lowest BCUT2D eigenvalue weighted by atomic mass is 10.3. The van der Waals surface area contributed by atoms with Crippen LogP contribution in [0.2, 0.25) is 5.28 Å². The van der Waals surface area contributed by atoms with Crippen LogP contribution in [-0.4, -0.2) is 66.6 Å². The van der Waals surface area contributed by atoms with E-state index in [1.165, 1.54) is 18.1 Å². The van der Waals surface area contributed by atoms with Crippen molar-refractivity contribution in [1.29, 1.82) is 0 Å². The molecule has 7 nitrogen and oxygen atoms in total. The average molecular weight is 360 g/mol. The first-order valence-electron chi connectivity index (χ1n) is 6.71. The van der Waals surface area contributed by atoms with Gasteiger partial charge >= 0.3 is 0 Å². The van der Waals surface area contributed by atoms with E-state index in [1.54, 1.807) is 0 Å². The topological polar surface area (TPSA) is 98.1 Å². The molecule has 1 aliphatic rings. The smallest absolute Gasteiger partial charge is 0.225 e. The third-order valence-electron chi connectivity index (χ3n) is 3.21. The van der Waals surface area contributed by atoms with Crippen molar-refractivity contribution < 1.29 is 9.66 Å². The van der Waals surface area contributed by atoms with E-state index in [4.69, 9.17) is 16.7 Å². The average Bonchev–Trinajstić information content (AvgIpc) is 2.53. The van der Waals surface area contributed by atoms with Crippen molar-refractivity contribution in [3.05, 3.63) is 11.6 Å². The Balaban J connectivity index is 2.03. The number of rotatable bonds is 4. The number of anilines is 1. The minimum atomic E-state index is -0.765. The van der Waals surface area contributed by atoms with Gasteiger partial charge in [-0.15, -0.1) is 11.8 Å². The van der Waals surface area contributed by atoms with E-state index in [2.05, 4.69) is 19.9 Å². The molecule has 2 aromatic rings. The molecule has 3 heterocycles. The summed E-state index contributed by atoms with van der Waals surface area (Å²) >= 11 is 6.69. The van der Waals surface area contributed by atoms with Crippen LogP contribution in [0.15, 0.2) is 11.4 Å². The number of aliphatic hydroxyl groups is 1. The molecule has 0 spiro atoms. The highest BCUT2D eigenvalue weighted by Crippen LogP contribution is 2.29. The predicted octanol–water partition coefficient (Wildman–Crippen LogP) is 0.726. The Hall–Kier alpha value is -0.870. The second-order valence-electron chi connectivity index (χ2n) is 4.60. The lowest BCUT2D eigenvalue weighted by Gasteiger charge is -2.29. The molecule has 1 fully saturated rings. The minimum Gasteiger partial charge on any atom is -0.616 e. The lowest BCUT2D eigenvalue weighted by Crippen LogP contribution is -2.41. The van der Waals surface area contributed by atoms with Crippen molar-refractivity contribution >= 4 is 51.4 Å². The van der Waals surface area contributed by atoms with E-state index in [1.807, 2.05) is 4.90 Å². The highest BCUT2D eigenvalue weighted by atomic mass is 35.5. The van der Waals surface area contributed by atoms with Gasteiger partial charge in [0.05, 0.1) is 19.7 Å². The second kappa shape index (κ2) is 7.14. The quantitative estimate of drug-likeness (QED) is 0.369. The first kappa shape index (κ1) is 16.0. The standard InChI is InChI=1S/C12H14ClN5O2S2/c13-12-16-9-8(14-7-15-11(9)21-4-3-19)10(17-12)18-1-5-22(20)6-2-18/h7,19H,1-6H2. The van der Waals surface area contributed by atoms with Gasteiger partial charge in [-0.25, -0.2) is 15.0 Å². The number of hydrogen-bond donors (Lipinski definition) is 1. The van der Waals surface area contributed by atoms with Crippen LogP contribution in [0.5, 0.6) is 0 Å². The Bertz CT molecular complexity index is 669. The number of aliphatic hydroxyl groups excluding tert-OH is 1. The molecule has 1 aliphatic heterocycles. The van der Waals surface area contributed by atoms with Crippen LogP contribution in [0, 0.1) is 0 Å². The van der Waals surface area contributed by atoms with Gasteiger partial charge in [-0.1, -0.05) is 11.2 Å². The van der Waals surface area contributed by atoms with Gasteiger partial charge in [0.15, 0.2) is 5.82 Å². The van der Waals surface area contributed by atoms with Crippen molar-refractivity contribution in [2.24, 2.45) is 0 Å². The van der Waals surface area contributed by atoms with Gasteiger partial charge in [0.25, 0.3) is 0 Å². The lowest BCUT2D eigenvalue weighted by molar-refractivity contribution is 0.322. The largest absolute Gasteiger partial charge is 0.616 e. The number of hydrogen-bond acceptors (Lipinski definition) is 8. The summed E-state index contributed by atoms with van der Waals surface area (Å²) in [5.74, 6) is 2.40. The molecule has 0 aliphatic carbocycles. The zero-order valence-electron chi connectivity index (χ0n) is 11.6. The molecule has 2 aromatic heterocycles. The molecule has 0 aromatic carbocycles. The summed E-state index contributed by atoms with van der Waals surface area (Å²) in [6.45, 7) is 1.36. The molecular weight excluding hydrogens is 346 g/mol. The highest BCUT2D eigenvalue weighted by molar-refractivity contribution is 7.99. The molecule has 0 unspecified atom stereocenters. The highest BCUT2D eigenvalue weighted by Gasteiger charge is 2.24. The van der Waals surface area contributed by atoms with Gasteiger partial charge in [-0.3, -0.25) is 0 Å². The number of aromatic nitrogens is 4. The van der Waals surface area contributed by atoms with E-state index in [0.29, 0.717) is 52.2 Å². The molecule has 0 atom stereocenters. The number of thioether (sulfide) groups is 1. The SMILES string of the molecule is [O-][S+]1CCN(c2nc(Cl)nc3c(SCCO)ncnc23)CC1. The predicted molar refractivity (Wildman–Crippen MR) is 88.0 cm³/mol. The van der Waals surface area contributed by atoms with E-state index in [0.717, 1.165) is 0 Å². The Labute approximate surface area is 139 Å². The maximum Gasteiger partial charge on any atom is 0.225 e. The third-order valence-corrected chi connectivity index (χ3v) is 5.61. The molecule has 1 N–H and O–H groups in total. The molecule has 0 bridgehead atoms. The first-order valence-corrected chi connectivity index (χ1v) is 9.56. The van der Waals surface area contributed by atoms with Crippen LogP contribution in [0.1, 0.15) is 0 Å². The maximum atomic E-state index is 11.5. The molecule has 0 radical (unpaired) electrons. The molecule has 118 valence electrons. The normalized spacial score (nSPS) is 16.4. The van der Waals surface area contributed by atoms with Crippen LogP contribution in [0.25, 0.3) is 11.0 Å². The second-order valence-corrected chi connectivity index (χ2v) is 7.72. The Morgan fingerprint density at radius 2 is 2.05 bits per heavy atom. The minimum absolute atomic E-state index is 0.0553. The summed E-state index contributed by atoms with van der Waals surface area (Å²) in [6, 6.07) is 0. The fourth-order valence-corrected chi connectivity index (χ4v) is 4.10. The van der Waals surface area contributed by atoms with Crippen LogP contribution in [0.3, 0.4) is 0 Å². The summed E-state index contributed by atoms with van der Waals surface area (Å²) < 4.78 is 11.5. The van der Waals surface area contributed by atoms with Gasteiger partial charge in [0.1, 0.15) is 33.9 Å². The molecule has 10 heteroatoms. The van der Waals surface area contributed by atoms with Gasteiger partial charge in [0.2, 0.25) is 5.28 Å². The third kappa shape index (κ3) is 3.38. The van der Waals surface area contributed by atoms with E-state index >= 15 is 0 Å². The van der Waals surface area contributed by atoms with Crippen LogP contribution in [0.4, 0.5) is 5.82 Å². The number of halogens is 1. The summed E-state index contributed by atoms with van der Waals surface area (Å²) in [4.78, 5) is 19.1.